The van der Waals surface area contributed by atoms with Crippen molar-refractivity contribution in [3.63, 3.8) is 0 Å². The molecule has 2 aromatic rings. The van der Waals surface area contributed by atoms with Crippen LogP contribution in [0.25, 0.3) is 0 Å². The molecule has 8 heteroatoms. The fourth-order valence-corrected chi connectivity index (χ4v) is 2.89. The van der Waals surface area contributed by atoms with Gasteiger partial charge in [-0.25, -0.2) is 4.79 Å². The number of aryl methyl sites for hydroxylation is 2. The van der Waals surface area contributed by atoms with Crippen molar-refractivity contribution in [1.29, 1.82) is 0 Å². The number of hydrogen-bond acceptors (Lipinski definition) is 6. The average Bonchev–Trinajstić information content (AvgIpc) is 3.30. The predicted octanol–water partition coefficient (Wildman–Crippen LogP) is 1.63. The van der Waals surface area contributed by atoms with Gasteiger partial charge in [0.2, 0.25) is 11.8 Å². The molecule has 25 heavy (non-hydrogen) atoms. The van der Waals surface area contributed by atoms with Gasteiger partial charge in [-0.3, -0.25) is 4.79 Å². The van der Waals surface area contributed by atoms with Gasteiger partial charge in [0.25, 0.3) is 0 Å². The number of carbonyl (C=O) groups is 1. The van der Waals surface area contributed by atoms with E-state index in [0.717, 1.165) is 24.1 Å². The van der Waals surface area contributed by atoms with Gasteiger partial charge in [-0.15, -0.1) is 0 Å². The van der Waals surface area contributed by atoms with Crippen LogP contribution in [0, 0.1) is 13.8 Å². The lowest BCUT2D eigenvalue weighted by atomic mass is 10.1. The van der Waals surface area contributed by atoms with Gasteiger partial charge in [-0.05, 0) is 45.6 Å². The standard InChI is InChI=1S/C17H23N5O3/c1-4-22(9-14-20-16(25-21-14)12-5-6-12)15(23)8-7-13-10(2)18-17(24)19-11(13)3/h12H,4-9H2,1-3H3,(H,18,19,24). The maximum absolute atomic E-state index is 12.5. The molecule has 1 fully saturated rings. The van der Waals surface area contributed by atoms with Crippen molar-refractivity contribution < 1.29 is 9.32 Å². The molecule has 0 aromatic carbocycles. The first-order chi connectivity index (χ1) is 12.0. The maximum atomic E-state index is 12.5. The van der Waals surface area contributed by atoms with E-state index >= 15 is 0 Å². The largest absolute Gasteiger partial charge is 0.345 e. The topological polar surface area (TPSA) is 105 Å². The van der Waals surface area contributed by atoms with Crippen molar-refractivity contribution in [2.45, 2.75) is 58.9 Å². The second-order valence-electron chi connectivity index (χ2n) is 6.46. The number of rotatable bonds is 7. The summed E-state index contributed by atoms with van der Waals surface area (Å²) in [5.74, 6) is 1.66. The van der Waals surface area contributed by atoms with Gasteiger partial charge in [0.05, 0.1) is 6.54 Å². The van der Waals surface area contributed by atoms with E-state index in [1.165, 1.54) is 0 Å². The zero-order valence-electron chi connectivity index (χ0n) is 14.8. The zero-order chi connectivity index (χ0) is 18.0. The van der Waals surface area contributed by atoms with Gasteiger partial charge < -0.3 is 14.4 Å². The van der Waals surface area contributed by atoms with E-state index in [2.05, 4.69) is 20.1 Å². The molecule has 2 aromatic heterocycles. The van der Waals surface area contributed by atoms with Gasteiger partial charge >= 0.3 is 5.69 Å². The summed E-state index contributed by atoms with van der Waals surface area (Å²) >= 11 is 0. The summed E-state index contributed by atoms with van der Waals surface area (Å²) in [6.45, 7) is 6.48. The molecule has 1 N–H and O–H groups in total. The highest BCUT2D eigenvalue weighted by Crippen LogP contribution is 2.38. The third-order valence-electron chi connectivity index (χ3n) is 4.52. The number of nitrogens with one attached hydrogen (secondary N) is 1. The molecule has 0 aliphatic heterocycles. The minimum Gasteiger partial charge on any atom is -0.339 e. The van der Waals surface area contributed by atoms with Crippen LogP contribution in [0.1, 0.15) is 60.8 Å². The predicted molar refractivity (Wildman–Crippen MR) is 90.0 cm³/mol. The lowest BCUT2D eigenvalue weighted by Crippen LogP contribution is -2.31. The Kier molecular flexibility index (Phi) is 4.96. The van der Waals surface area contributed by atoms with Gasteiger partial charge in [-0.2, -0.15) is 9.97 Å². The van der Waals surface area contributed by atoms with E-state index < -0.39 is 0 Å². The van der Waals surface area contributed by atoms with Gasteiger partial charge in [0.15, 0.2) is 5.82 Å². The Bertz CT molecular complexity index is 796. The second-order valence-corrected chi connectivity index (χ2v) is 6.46. The second kappa shape index (κ2) is 7.16. The molecule has 2 heterocycles. The number of carbonyl (C=O) groups excluding carboxylic acids is 1. The maximum Gasteiger partial charge on any atom is 0.345 e. The fourth-order valence-electron chi connectivity index (χ4n) is 2.89. The van der Waals surface area contributed by atoms with E-state index in [0.29, 0.717) is 49.3 Å². The van der Waals surface area contributed by atoms with Crippen molar-refractivity contribution in [3.05, 3.63) is 39.2 Å². The Labute approximate surface area is 145 Å². The number of amides is 1. The van der Waals surface area contributed by atoms with E-state index in [1.807, 2.05) is 13.8 Å². The number of aromatic amines is 1. The summed E-state index contributed by atoms with van der Waals surface area (Å²) in [6, 6.07) is 0. The molecule has 0 radical (unpaired) electrons. The van der Waals surface area contributed by atoms with Crippen molar-refractivity contribution >= 4 is 5.91 Å². The molecule has 8 nitrogen and oxygen atoms in total. The molecule has 0 unspecified atom stereocenters. The van der Waals surface area contributed by atoms with Crippen LogP contribution in [0.3, 0.4) is 0 Å². The first kappa shape index (κ1) is 17.3. The lowest BCUT2D eigenvalue weighted by Gasteiger charge is -2.19. The van der Waals surface area contributed by atoms with Crippen LogP contribution in [0.15, 0.2) is 9.32 Å². The molecule has 0 atom stereocenters. The molecule has 0 saturated heterocycles. The number of hydrogen-bond donors (Lipinski definition) is 1. The van der Waals surface area contributed by atoms with Gasteiger partial charge in [0, 0.05) is 30.3 Å². The van der Waals surface area contributed by atoms with Crippen molar-refractivity contribution in [1.82, 2.24) is 25.0 Å². The monoisotopic (exact) mass is 345 g/mol. The van der Waals surface area contributed by atoms with Crippen molar-refractivity contribution in [3.8, 4) is 0 Å². The highest BCUT2D eigenvalue weighted by Gasteiger charge is 2.30. The van der Waals surface area contributed by atoms with E-state index in [4.69, 9.17) is 4.52 Å². The number of nitrogens with zero attached hydrogens (tertiary/aromatic N) is 4. The van der Waals surface area contributed by atoms with Crippen LogP contribution in [-0.4, -0.2) is 37.5 Å². The molecule has 1 amide bonds. The quantitative estimate of drug-likeness (QED) is 0.818. The number of H-pyrrole nitrogens is 1. The first-order valence-electron chi connectivity index (χ1n) is 8.64. The van der Waals surface area contributed by atoms with Crippen LogP contribution in [-0.2, 0) is 17.8 Å². The Morgan fingerprint density at radius 3 is 2.72 bits per heavy atom. The molecular weight excluding hydrogens is 322 g/mol. The van der Waals surface area contributed by atoms with Gasteiger partial charge in [0.1, 0.15) is 0 Å². The van der Waals surface area contributed by atoms with Crippen molar-refractivity contribution in [2.75, 3.05) is 6.54 Å². The summed E-state index contributed by atoms with van der Waals surface area (Å²) in [5.41, 5.74) is 1.99. The number of aromatic nitrogens is 4. The van der Waals surface area contributed by atoms with Crippen LogP contribution in [0.5, 0.6) is 0 Å². The third-order valence-corrected chi connectivity index (χ3v) is 4.52. The Hall–Kier alpha value is -2.51. The zero-order valence-corrected chi connectivity index (χ0v) is 14.8. The van der Waals surface area contributed by atoms with E-state index in [-0.39, 0.29) is 11.6 Å². The van der Waals surface area contributed by atoms with Crippen molar-refractivity contribution in [2.24, 2.45) is 0 Å². The highest BCUT2D eigenvalue weighted by molar-refractivity contribution is 5.76. The molecule has 0 bridgehead atoms. The van der Waals surface area contributed by atoms with Crippen LogP contribution >= 0.6 is 0 Å². The fraction of sp³-hybridized carbons (Fsp3) is 0.588. The van der Waals surface area contributed by atoms with Gasteiger partial charge in [-0.1, -0.05) is 5.16 Å². The minimum absolute atomic E-state index is 0.0188. The van der Waals surface area contributed by atoms with Crippen LogP contribution in [0.2, 0.25) is 0 Å². The summed E-state index contributed by atoms with van der Waals surface area (Å²) in [7, 11) is 0. The molecule has 3 rings (SSSR count). The average molecular weight is 345 g/mol. The highest BCUT2D eigenvalue weighted by atomic mass is 16.5. The molecule has 1 saturated carbocycles. The first-order valence-corrected chi connectivity index (χ1v) is 8.64. The third kappa shape index (κ3) is 4.12. The Balaban J connectivity index is 1.61. The SMILES string of the molecule is CCN(Cc1noc(C2CC2)n1)C(=O)CCc1c(C)nc(=O)[nH]c1C. The summed E-state index contributed by atoms with van der Waals surface area (Å²) in [6.07, 6.45) is 3.08. The molecule has 134 valence electrons. The minimum atomic E-state index is -0.358. The normalized spacial score (nSPS) is 13.9. The summed E-state index contributed by atoms with van der Waals surface area (Å²) in [5, 5.41) is 3.97. The van der Waals surface area contributed by atoms with E-state index in [9.17, 15) is 9.59 Å². The Morgan fingerprint density at radius 2 is 2.08 bits per heavy atom. The van der Waals surface area contributed by atoms with E-state index in [1.54, 1.807) is 11.8 Å². The lowest BCUT2D eigenvalue weighted by molar-refractivity contribution is -0.131. The van der Waals surface area contributed by atoms with Crippen LogP contribution in [0.4, 0.5) is 0 Å². The van der Waals surface area contributed by atoms with Crippen LogP contribution < -0.4 is 5.69 Å². The summed E-state index contributed by atoms with van der Waals surface area (Å²) in [4.78, 5) is 36.6. The molecular formula is C17H23N5O3. The molecule has 1 aliphatic rings. The Morgan fingerprint density at radius 1 is 1.32 bits per heavy atom. The summed E-state index contributed by atoms with van der Waals surface area (Å²) < 4.78 is 5.24. The molecule has 0 spiro atoms. The smallest absolute Gasteiger partial charge is 0.339 e. The molecule has 1 aliphatic carbocycles.